The molecule has 0 radical (unpaired) electrons. The van der Waals surface area contributed by atoms with Crippen LogP contribution in [0.4, 0.5) is 0 Å². The molecular formula is C16H27N3. The molecule has 0 aromatic carbocycles. The number of aromatic nitrogens is 2. The Hall–Kier alpha value is -0.830. The van der Waals surface area contributed by atoms with Crippen LogP contribution in [-0.4, -0.2) is 16.3 Å². The third kappa shape index (κ3) is 2.45. The SMILES string of the molecule is CCC(CC)n1ccc(CC2(CN)CC3CC3C2)n1. The van der Waals surface area contributed by atoms with Gasteiger partial charge in [-0.3, -0.25) is 4.68 Å². The average Bonchev–Trinajstić information content (AvgIpc) is 2.85. The molecule has 1 aromatic heterocycles. The summed E-state index contributed by atoms with van der Waals surface area (Å²) in [5.74, 6) is 1.98. The monoisotopic (exact) mass is 261 g/mol. The van der Waals surface area contributed by atoms with Crippen LogP contribution in [0.2, 0.25) is 0 Å². The van der Waals surface area contributed by atoms with E-state index in [2.05, 4.69) is 30.8 Å². The molecule has 3 rings (SSSR count). The first-order valence-electron chi connectivity index (χ1n) is 7.94. The van der Waals surface area contributed by atoms with Gasteiger partial charge in [0.25, 0.3) is 0 Å². The van der Waals surface area contributed by atoms with Gasteiger partial charge in [0.1, 0.15) is 0 Å². The van der Waals surface area contributed by atoms with E-state index < -0.39 is 0 Å². The van der Waals surface area contributed by atoms with E-state index in [0.29, 0.717) is 11.5 Å². The van der Waals surface area contributed by atoms with Crippen molar-refractivity contribution >= 4 is 0 Å². The molecule has 19 heavy (non-hydrogen) atoms. The lowest BCUT2D eigenvalue weighted by molar-refractivity contribution is 0.268. The Morgan fingerprint density at radius 3 is 2.63 bits per heavy atom. The summed E-state index contributed by atoms with van der Waals surface area (Å²) in [4.78, 5) is 0. The lowest BCUT2D eigenvalue weighted by Crippen LogP contribution is -2.31. The Balaban J connectivity index is 1.69. The summed E-state index contributed by atoms with van der Waals surface area (Å²) in [6.45, 7) is 5.31. The van der Waals surface area contributed by atoms with Gasteiger partial charge < -0.3 is 5.73 Å². The molecule has 2 aliphatic carbocycles. The van der Waals surface area contributed by atoms with Crippen molar-refractivity contribution in [3.63, 3.8) is 0 Å². The minimum Gasteiger partial charge on any atom is -0.330 e. The van der Waals surface area contributed by atoms with Gasteiger partial charge in [0.05, 0.1) is 11.7 Å². The molecule has 106 valence electrons. The standard InChI is InChI=1S/C16H27N3/c1-3-15(4-2)19-6-5-14(18-19)10-16(11-17)8-12-7-13(12)9-16/h5-6,12-13,15H,3-4,7-11,17H2,1-2H3. The molecule has 2 unspecified atom stereocenters. The van der Waals surface area contributed by atoms with E-state index in [1.807, 2.05) is 0 Å². The molecule has 1 aromatic rings. The van der Waals surface area contributed by atoms with Crippen LogP contribution >= 0.6 is 0 Å². The highest BCUT2D eigenvalue weighted by Crippen LogP contribution is 2.60. The zero-order valence-electron chi connectivity index (χ0n) is 12.3. The smallest absolute Gasteiger partial charge is 0.0630 e. The van der Waals surface area contributed by atoms with Crippen LogP contribution in [0.25, 0.3) is 0 Å². The number of nitrogens with two attached hydrogens (primary N) is 1. The first-order chi connectivity index (χ1) is 9.19. The Morgan fingerprint density at radius 1 is 1.37 bits per heavy atom. The average molecular weight is 261 g/mol. The van der Waals surface area contributed by atoms with Crippen LogP contribution in [0.1, 0.15) is 57.7 Å². The maximum absolute atomic E-state index is 6.08. The highest BCUT2D eigenvalue weighted by molar-refractivity contribution is 5.11. The van der Waals surface area contributed by atoms with Crippen molar-refractivity contribution in [2.75, 3.05) is 6.54 Å². The lowest BCUT2D eigenvalue weighted by atomic mass is 9.79. The summed E-state index contributed by atoms with van der Waals surface area (Å²) >= 11 is 0. The molecule has 2 saturated carbocycles. The van der Waals surface area contributed by atoms with Gasteiger partial charge in [-0.25, -0.2) is 0 Å². The molecule has 3 nitrogen and oxygen atoms in total. The highest BCUT2D eigenvalue weighted by Gasteiger charge is 2.53. The molecule has 3 heteroatoms. The van der Waals surface area contributed by atoms with Crippen molar-refractivity contribution in [2.24, 2.45) is 23.0 Å². The van der Waals surface area contributed by atoms with Crippen molar-refractivity contribution in [2.45, 2.75) is 58.4 Å². The summed E-state index contributed by atoms with van der Waals surface area (Å²) in [5.41, 5.74) is 7.69. The number of rotatable bonds is 6. The van der Waals surface area contributed by atoms with Crippen LogP contribution < -0.4 is 5.73 Å². The van der Waals surface area contributed by atoms with Crippen LogP contribution in [-0.2, 0) is 6.42 Å². The van der Waals surface area contributed by atoms with Gasteiger partial charge in [0.2, 0.25) is 0 Å². The van der Waals surface area contributed by atoms with Crippen molar-refractivity contribution < 1.29 is 0 Å². The van der Waals surface area contributed by atoms with E-state index in [1.54, 1.807) is 0 Å². The molecule has 0 bridgehead atoms. The van der Waals surface area contributed by atoms with Crippen LogP contribution in [0.3, 0.4) is 0 Å². The minimum atomic E-state index is 0.362. The van der Waals surface area contributed by atoms with E-state index >= 15 is 0 Å². The zero-order valence-corrected chi connectivity index (χ0v) is 12.3. The Bertz CT molecular complexity index is 423. The quantitative estimate of drug-likeness (QED) is 0.855. The van der Waals surface area contributed by atoms with Crippen molar-refractivity contribution in [3.05, 3.63) is 18.0 Å². The van der Waals surface area contributed by atoms with Gasteiger partial charge in [-0.1, -0.05) is 13.8 Å². The molecule has 2 N–H and O–H groups in total. The van der Waals surface area contributed by atoms with E-state index in [9.17, 15) is 0 Å². The fourth-order valence-corrected chi connectivity index (χ4v) is 4.11. The molecule has 2 fully saturated rings. The van der Waals surface area contributed by atoms with Crippen LogP contribution in [0.5, 0.6) is 0 Å². The molecule has 0 spiro atoms. The van der Waals surface area contributed by atoms with Crippen molar-refractivity contribution in [3.8, 4) is 0 Å². The number of hydrogen-bond donors (Lipinski definition) is 1. The third-order valence-electron chi connectivity index (χ3n) is 5.43. The first kappa shape index (κ1) is 13.2. The number of hydrogen-bond acceptors (Lipinski definition) is 2. The van der Waals surface area contributed by atoms with E-state index in [4.69, 9.17) is 10.8 Å². The maximum atomic E-state index is 6.08. The Kier molecular flexibility index (Phi) is 3.42. The lowest BCUT2D eigenvalue weighted by Gasteiger charge is -2.28. The predicted molar refractivity (Wildman–Crippen MR) is 77.9 cm³/mol. The Labute approximate surface area is 116 Å². The molecule has 0 amide bonds. The second kappa shape index (κ2) is 4.93. The van der Waals surface area contributed by atoms with Gasteiger partial charge in [0.15, 0.2) is 0 Å². The van der Waals surface area contributed by atoms with Gasteiger partial charge in [-0.05, 0) is 68.4 Å². The van der Waals surface area contributed by atoms with Crippen LogP contribution in [0, 0.1) is 17.3 Å². The summed E-state index contributed by atoms with van der Waals surface area (Å²) in [5, 5.41) is 4.81. The molecule has 1 heterocycles. The zero-order chi connectivity index (χ0) is 13.5. The fraction of sp³-hybridized carbons (Fsp3) is 0.812. The summed E-state index contributed by atoms with van der Waals surface area (Å²) in [6, 6.07) is 2.76. The predicted octanol–water partition coefficient (Wildman–Crippen LogP) is 3.16. The summed E-state index contributed by atoms with van der Waals surface area (Å²) < 4.78 is 2.16. The highest BCUT2D eigenvalue weighted by atomic mass is 15.3. The fourth-order valence-electron chi connectivity index (χ4n) is 4.11. The third-order valence-corrected chi connectivity index (χ3v) is 5.43. The van der Waals surface area contributed by atoms with Crippen molar-refractivity contribution in [1.29, 1.82) is 0 Å². The van der Waals surface area contributed by atoms with Gasteiger partial charge >= 0.3 is 0 Å². The van der Waals surface area contributed by atoms with Crippen molar-refractivity contribution in [1.82, 2.24) is 9.78 Å². The second-order valence-electron chi connectivity index (χ2n) is 6.80. The van der Waals surface area contributed by atoms with Gasteiger partial charge in [-0.2, -0.15) is 5.10 Å². The number of nitrogens with zero attached hydrogens (tertiary/aromatic N) is 2. The first-order valence-corrected chi connectivity index (χ1v) is 7.94. The van der Waals surface area contributed by atoms with E-state index in [1.165, 1.54) is 25.0 Å². The topological polar surface area (TPSA) is 43.8 Å². The normalized spacial score (nSPS) is 32.8. The largest absolute Gasteiger partial charge is 0.330 e. The minimum absolute atomic E-state index is 0.362. The molecule has 2 atom stereocenters. The second-order valence-corrected chi connectivity index (χ2v) is 6.80. The van der Waals surface area contributed by atoms with E-state index in [-0.39, 0.29) is 0 Å². The van der Waals surface area contributed by atoms with E-state index in [0.717, 1.165) is 37.6 Å². The molecule has 0 aliphatic heterocycles. The summed E-state index contributed by atoms with van der Waals surface area (Å²) in [7, 11) is 0. The summed E-state index contributed by atoms with van der Waals surface area (Å²) in [6.07, 6.45) is 9.70. The molecule has 2 aliphatic rings. The maximum Gasteiger partial charge on any atom is 0.0630 e. The molecular weight excluding hydrogens is 234 g/mol. The van der Waals surface area contributed by atoms with Gasteiger partial charge in [0, 0.05) is 6.20 Å². The van der Waals surface area contributed by atoms with Gasteiger partial charge in [-0.15, -0.1) is 0 Å². The Morgan fingerprint density at radius 2 is 2.05 bits per heavy atom. The van der Waals surface area contributed by atoms with Crippen LogP contribution in [0.15, 0.2) is 12.3 Å². The molecule has 0 saturated heterocycles. The number of fused-ring (bicyclic) bond motifs is 1.